The van der Waals surface area contributed by atoms with Crippen LogP contribution in [0.4, 0.5) is 4.79 Å². The van der Waals surface area contributed by atoms with Crippen molar-refractivity contribution in [3.8, 4) is 0 Å². The van der Waals surface area contributed by atoms with Crippen LogP contribution in [0.2, 0.25) is 0 Å². The summed E-state index contributed by atoms with van der Waals surface area (Å²) in [5, 5.41) is 19.9. The molecule has 1 heterocycles. The maximum Gasteiger partial charge on any atom is 0.326 e. The Morgan fingerprint density at radius 3 is 2.25 bits per heavy atom. The van der Waals surface area contributed by atoms with Crippen molar-refractivity contribution < 1.29 is 29.3 Å². The molecule has 8 heteroatoms. The second-order valence-electron chi connectivity index (χ2n) is 4.94. The van der Waals surface area contributed by atoms with Gasteiger partial charge >= 0.3 is 18.0 Å². The van der Waals surface area contributed by atoms with E-state index < -0.39 is 24.0 Å². The van der Waals surface area contributed by atoms with E-state index in [-0.39, 0.29) is 25.0 Å². The second kappa shape index (κ2) is 7.09. The molecule has 1 fully saturated rings. The highest BCUT2D eigenvalue weighted by molar-refractivity contribution is 5.83. The SMILES string of the molecule is CC1CN(C(=O)N[C@@H](CCC(=O)O)C(=O)O)CC(C)O1. The van der Waals surface area contributed by atoms with Crippen LogP contribution in [0, 0.1) is 0 Å². The van der Waals surface area contributed by atoms with Crippen molar-refractivity contribution in [1.29, 1.82) is 0 Å². The predicted octanol–water partition coefficient (Wildman–Crippen LogP) is 0.123. The van der Waals surface area contributed by atoms with Crippen LogP contribution in [0.25, 0.3) is 0 Å². The van der Waals surface area contributed by atoms with E-state index >= 15 is 0 Å². The molecule has 0 radical (unpaired) electrons. The number of ether oxygens (including phenoxy) is 1. The van der Waals surface area contributed by atoms with Gasteiger partial charge in [-0.15, -0.1) is 0 Å². The van der Waals surface area contributed by atoms with E-state index in [1.807, 2.05) is 13.8 Å². The number of morpholine rings is 1. The molecule has 114 valence electrons. The lowest BCUT2D eigenvalue weighted by atomic mass is 10.1. The highest BCUT2D eigenvalue weighted by atomic mass is 16.5. The number of hydrogen-bond donors (Lipinski definition) is 3. The molecule has 8 nitrogen and oxygen atoms in total. The van der Waals surface area contributed by atoms with Crippen LogP contribution in [0.1, 0.15) is 26.7 Å². The van der Waals surface area contributed by atoms with Crippen LogP contribution in [0.3, 0.4) is 0 Å². The third-order valence-corrected chi connectivity index (χ3v) is 2.95. The van der Waals surface area contributed by atoms with E-state index in [1.54, 1.807) is 0 Å². The summed E-state index contributed by atoms with van der Waals surface area (Å²) in [7, 11) is 0. The van der Waals surface area contributed by atoms with Crippen molar-refractivity contribution in [2.45, 2.75) is 44.9 Å². The smallest absolute Gasteiger partial charge is 0.326 e. The molecule has 0 saturated carbocycles. The van der Waals surface area contributed by atoms with Crippen LogP contribution in [-0.4, -0.2) is 64.4 Å². The molecular formula is C12H20N2O6. The number of amides is 2. The Kier molecular flexibility index (Phi) is 5.75. The Morgan fingerprint density at radius 2 is 1.80 bits per heavy atom. The topological polar surface area (TPSA) is 116 Å². The summed E-state index contributed by atoms with van der Waals surface area (Å²) in [4.78, 5) is 35.0. The lowest BCUT2D eigenvalue weighted by Gasteiger charge is -2.35. The Labute approximate surface area is 116 Å². The number of carbonyl (C=O) groups is 3. The van der Waals surface area contributed by atoms with Gasteiger partial charge < -0.3 is 25.2 Å². The van der Waals surface area contributed by atoms with Crippen molar-refractivity contribution in [2.75, 3.05) is 13.1 Å². The van der Waals surface area contributed by atoms with Gasteiger partial charge in [-0.25, -0.2) is 9.59 Å². The molecule has 1 saturated heterocycles. The molecule has 1 aliphatic rings. The van der Waals surface area contributed by atoms with E-state index in [9.17, 15) is 14.4 Å². The summed E-state index contributed by atoms with van der Waals surface area (Å²) in [6.07, 6.45) is -0.697. The zero-order valence-corrected chi connectivity index (χ0v) is 11.5. The van der Waals surface area contributed by atoms with Gasteiger partial charge in [-0.1, -0.05) is 0 Å². The Hall–Kier alpha value is -1.83. The Morgan fingerprint density at radius 1 is 1.25 bits per heavy atom. The van der Waals surface area contributed by atoms with Crippen LogP contribution in [-0.2, 0) is 14.3 Å². The van der Waals surface area contributed by atoms with E-state index in [0.717, 1.165) is 0 Å². The highest BCUT2D eigenvalue weighted by Crippen LogP contribution is 2.11. The number of aliphatic carboxylic acids is 2. The molecule has 0 bridgehead atoms. The van der Waals surface area contributed by atoms with E-state index in [0.29, 0.717) is 13.1 Å². The van der Waals surface area contributed by atoms with Gasteiger partial charge in [-0.05, 0) is 20.3 Å². The lowest BCUT2D eigenvalue weighted by molar-refractivity contribution is -0.140. The van der Waals surface area contributed by atoms with E-state index in [4.69, 9.17) is 14.9 Å². The quantitative estimate of drug-likeness (QED) is 0.662. The molecule has 0 aliphatic carbocycles. The molecule has 2 amide bonds. The number of rotatable bonds is 5. The maximum absolute atomic E-state index is 12.0. The van der Waals surface area contributed by atoms with Crippen molar-refractivity contribution in [1.82, 2.24) is 10.2 Å². The molecule has 2 unspecified atom stereocenters. The van der Waals surface area contributed by atoms with Gasteiger partial charge in [-0.2, -0.15) is 0 Å². The summed E-state index contributed by atoms with van der Waals surface area (Å²) in [6.45, 7) is 4.41. The summed E-state index contributed by atoms with van der Waals surface area (Å²) in [6, 6.07) is -1.71. The van der Waals surface area contributed by atoms with E-state index in [2.05, 4.69) is 5.32 Å². The van der Waals surface area contributed by atoms with Gasteiger partial charge in [0.15, 0.2) is 0 Å². The normalized spacial score (nSPS) is 24.0. The third kappa shape index (κ3) is 5.04. The van der Waals surface area contributed by atoms with Gasteiger partial charge in [0.2, 0.25) is 0 Å². The van der Waals surface area contributed by atoms with Crippen LogP contribution < -0.4 is 5.32 Å². The number of hydrogen-bond acceptors (Lipinski definition) is 4. The monoisotopic (exact) mass is 288 g/mol. The molecule has 0 aromatic rings. The summed E-state index contributed by atoms with van der Waals surface area (Å²) in [5.74, 6) is -2.34. The molecular weight excluding hydrogens is 268 g/mol. The molecule has 1 rings (SSSR count). The second-order valence-corrected chi connectivity index (χ2v) is 4.94. The van der Waals surface area contributed by atoms with Crippen molar-refractivity contribution in [3.05, 3.63) is 0 Å². The van der Waals surface area contributed by atoms with Crippen LogP contribution in [0.5, 0.6) is 0 Å². The third-order valence-electron chi connectivity index (χ3n) is 2.95. The number of carbonyl (C=O) groups excluding carboxylic acids is 1. The number of carboxylic acid groups (broad SMARTS) is 2. The number of urea groups is 1. The minimum absolute atomic E-state index is 0.119. The van der Waals surface area contributed by atoms with Gasteiger partial charge in [0.25, 0.3) is 0 Å². The first-order chi connectivity index (χ1) is 9.29. The number of nitrogens with one attached hydrogen (secondary N) is 1. The molecule has 3 N–H and O–H groups in total. The summed E-state index contributed by atoms with van der Waals surface area (Å²) in [5.41, 5.74) is 0. The fourth-order valence-electron chi connectivity index (χ4n) is 2.11. The summed E-state index contributed by atoms with van der Waals surface area (Å²) >= 11 is 0. The molecule has 0 aromatic carbocycles. The van der Waals surface area contributed by atoms with Gasteiger partial charge in [0.05, 0.1) is 12.2 Å². The van der Waals surface area contributed by atoms with Crippen LogP contribution in [0.15, 0.2) is 0 Å². The standard InChI is InChI=1S/C12H20N2O6/c1-7-5-14(6-8(2)20-7)12(19)13-9(11(17)18)3-4-10(15)16/h7-9H,3-6H2,1-2H3,(H,13,19)(H,15,16)(H,17,18)/t7?,8?,9-/m0/s1. The molecule has 3 atom stereocenters. The zero-order chi connectivity index (χ0) is 15.3. The predicted molar refractivity (Wildman–Crippen MR) is 68.4 cm³/mol. The first-order valence-electron chi connectivity index (χ1n) is 6.45. The Bertz CT molecular complexity index is 376. The lowest BCUT2D eigenvalue weighted by Crippen LogP contribution is -2.54. The highest BCUT2D eigenvalue weighted by Gasteiger charge is 2.29. The first kappa shape index (κ1) is 16.2. The fourth-order valence-corrected chi connectivity index (χ4v) is 2.11. The fraction of sp³-hybridized carbons (Fsp3) is 0.750. The van der Waals surface area contributed by atoms with E-state index in [1.165, 1.54) is 4.90 Å². The average molecular weight is 288 g/mol. The largest absolute Gasteiger partial charge is 0.481 e. The van der Waals surface area contributed by atoms with Gasteiger partial charge in [0, 0.05) is 19.5 Å². The molecule has 20 heavy (non-hydrogen) atoms. The molecule has 0 aromatic heterocycles. The first-order valence-corrected chi connectivity index (χ1v) is 6.45. The van der Waals surface area contributed by atoms with Crippen molar-refractivity contribution in [3.63, 3.8) is 0 Å². The number of nitrogens with zero attached hydrogens (tertiary/aromatic N) is 1. The number of carboxylic acids is 2. The van der Waals surface area contributed by atoms with Crippen molar-refractivity contribution in [2.24, 2.45) is 0 Å². The Balaban J connectivity index is 2.56. The maximum atomic E-state index is 12.0. The van der Waals surface area contributed by atoms with Crippen molar-refractivity contribution >= 4 is 18.0 Å². The zero-order valence-electron chi connectivity index (χ0n) is 11.5. The summed E-state index contributed by atoms with van der Waals surface area (Å²) < 4.78 is 5.48. The van der Waals surface area contributed by atoms with Crippen LogP contribution >= 0.6 is 0 Å². The minimum atomic E-state index is -1.24. The van der Waals surface area contributed by atoms with Gasteiger partial charge in [0.1, 0.15) is 6.04 Å². The van der Waals surface area contributed by atoms with Gasteiger partial charge in [-0.3, -0.25) is 4.79 Å². The average Bonchev–Trinajstić information content (AvgIpc) is 2.32. The minimum Gasteiger partial charge on any atom is -0.481 e. The molecule has 1 aliphatic heterocycles. The molecule has 0 spiro atoms.